The van der Waals surface area contributed by atoms with Crippen molar-refractivity contribution >= 4 is 651 Å². The number of hydrogen-bond acceptors (Lipinski definition) is 48. The average Bonchev–Trinajstić information content (AvgIpc) is 2.99. The van der Waals surface area contributed by atoms with Gasteiger partial charge in [-0.2, -0.15) is 0 Å². The molecule has 74 heteroatoms. The summed E-state index contributed by atoms with van der Waals surface area (Å²) in [6, 6.07) is 0. The van der Waals surface area contributed by atoms with Gasteiger partial charge < -0.3 is 271 Å². The normalized spacial score (nSPS) is 5.11. The summed E-state index contributed by atoms with van der Waals surface area (Å²) in [5, 5.41) is 317. The van der Waals surface area contributed by atoms with E-state index in [0.29, 0.717) is 0 Å². The molecule has 0 amide bonds. The van der Waals surface area contributed by atoms with Crippen molar-refractivity contribution in [2.45, 2.75) is 0 Å². The first kappa shape index (κ1) is 225. The molecule has 0 saturated heterocycles. The Morgan fingerprint density at radius 3 is 0.106 bits per heavy atom. The Kier molecular flexibility index (Phi) is 523. The van der Waals surface area contributed by atoms with Crippen LogP contribution in [-0.2, 0) is 0 Å². The fourth-order valence-electron chi connectivity index (χ4n) is 0. The molecule has 0 aliphatic rings. The van der Waals surface area contributed by atoms with Crippen LogP contribution in [0.3, 0.4) is 0 Å². The first-order chi connectivity index (χ1) is 34.6. The summed E-state index contributed by atoms with van der Waals surface area (Å²) in [6.45, 7) is 0. The molecular formula is C20H12Ca14O60. The molecule has 0 saturated carbocycles. The van der Waals surface area contributed by atoms with Crippen molar-refractivity contribution in [2.75, 3.05) is 0 Å². The van der Waals surface area contributed by atoms with E-state index in [9.17, 15) is 0 Å². The number of carbonyl (C=O) groups excluding carboxylic acids is 14. The zero-order chi connectivity index (χ0) is 71.5. The van der Waals surface area contributed by atoms with E-state index in [1.54, 1.807) is 0 Å². The van der Waals surface area contributed by atoms with Crippen molar-refractivity contribution in [3.8, 4) is 0 Å². The summed E-state index contributed by atoms with van der Waals surface area (Å²) >= 11 is 0. The van der Waals surface area contributed by atoms with E-state index >= 15 is 0 Å². The Labute approximate surface area is 929 Å². The molecule has 0 aliphatic carbocycles. The minimum Gasteiger partial charge on any atom is -0.652 e. The van der Waals surface area contributed by atoms with Crippen molar-refractivity contribution in [2.24, 2.45) is 0 Å². The molecule has 12 N–H and O–H groups in total. The first-order valence-electron chi connectivity index (χ1n) is 12.5. The minimum atomic E-state index is -2.33. The molecule has 0 fully saturated rings. The molecule has 480 valence electrons. The number of carboxylic acid groups (broad SMARTS) is 40. The monoisotopic (exact) mass is 1770 g/mol. The van der Waals surface area contributed by atoms with Crippen LogP contribution in [0.5, 0.6) is 0 Å². The molecule has 0 heterocycles. The van der Waals surface area contributed by atoms with Crippen LogP contribution in [0.4, 0.5) is 95.9 Å². The average molecular weight is 1770 g/mol. The number of carbonyl (C=O) groups is 20. The molecule has 0 rings (SSSR count). The molecule has 60 nitrogen and oxygen atoms in total. The van der Waals surface area contributed by atoms with Gasteiger partial charge in [-0.05, 0) is 86.2 Å². The summed E-state index contributed by atoms with van der Waals surface area (Å²) in [4.78, 5) is 168. The van der Waals surface area contributed by atoms with E-state index in [-0.39, 0.29) is 528 Å². The molecule has 0 aromatic rings. The van der Waals surface area contributed by atoms with Crippen LogP contribution in [0.1, 0.15) is 0 Å². The predicted molar refractivity (Wildman–Crippen MR) is 220 cm³/mol. The van der Waals surface area contributed by atoms with Crippen molar-refractivity contribution in [3.63, 3.8) is 0 Å². The molecule has 0 aromatic heterocycles. The maximum atomic E-state index is 8.56. The van der Waals surface area contributed by atoms with Gasteiger partial charge >= 0.3 is 565 Å². The fourth-order valence-corrected chi connectivity index (χ4v) is 0. The Bertz CT molecular complexity index is 1100. The number of hydrogen-bond donors (Lipinski definition) is 12. The summed E-state index contributed by atoms with van der Waals surface area (Å²) < 4.78 is 0. The van der Waals surface area contributed by atoms with Gasteiger partial charge in [-0.3, -0.25) is 0 Å². The standard InChI is InChI=1S/20CH2O3.14Ca/c20*2-1(3)4;;;;;;;;;;;;;;/h20*(H2,2,3,4);;;;;;;;;;;;;;/q;;;;;;;;;;;;;;;;;;;;14*+2/p-28. The van der Waals surface area contributed by atoms with Crippen molar-refractivity contribution in [1.29, 1.82) is 0 Å². The molecule has 0 aliphatic heterocycles. The SMILES string of the molecule is O=C(O)O.O=C(O)O.O=C(O)O.O=C(O)O.O=C(O)O.O=C(O)O.O=C([O-])[O-].O=C([O-])[O-].O=C([O-])[O-].O=C([O-])[O-].O=C([O-])[O-].O=C([O-])[O-].O=C([O-])[O-].O=C([O-])[O-].O=C([O-])[O-].O=C([O-])[O-].O=C([O-])[O-].O=C([O-])[O-].O=C([O-])[O-].O=C([O-])[O-].[Ca+2].[Ca+2].[Ca+2].[Ca+2].[Ca+2].[Ca+2].[Ca+2].[Ca+2].[Ca+2].[Ca+2].[Ca+2].[Ca+2].[Ca+2].[Ca+2]. The molecule has 0 unspecified atom stereocenters. The second-order valence-corrected chi connectivity index (χ2v) is 5.20. The maximum absolute atomic E-state index is 8.56. The van der Waals surface area contributed by atoms with E-state index in [2.05, 4.69) is 0 Å². The molecular weight excluding hydrogens is 1760 g/mol. The van der Waals surface area contributed by atoms with Gasteiger partial charge in [0.25, 0.3) is 0 Å². The van der Waals surface area contributed by atoms with Gasteiger partial charge in [-0.1, -0.05) is 0 Å². The molecule has 0 radical (unpaired) electrons. The van der Waals surface area contributed by atoms with E-state index in [1.807, 2.05) is 0 Å². The van der Waals surface area contributed by atoms with Gasteiger partial charge in [0.1, 0.15) is 0 Å². The summed E-state index contributed by atoms with van der Waals surface area (Å²) in [6.07, 6.45) is -43.7. The largest absolute Gasteiger partial charge is 2.00 e. The quantitative estimate of drug-likeness (QED) is 0.100. The summed E-state index contributed by atoms with van der Waals surface area (Å²) in [5.41, 5.74) is 0. The predicted octanol–water partition coefficient (Wildman–Crippen LogP) is -38.3. The van der Waals surface area contributed by atoms with Gasteiger partial charge in [0, 0.05) is 0 Å². The minimum absolute atomic E-state index is 0. The van der Waals surface area contributed by atoms with Crippen LogP contribution in [0.15, 0.2) is 0 Å². The Hall–Kier alpha value is 3.04. The van der Waals surface area contributed by atoms with E-state index < -0.39 is 123 Å². The van der Waals surface area contributed by atoms with Gasteiger partial charge in [0.2, 0.25) is 0 Å². The van der Waals surface area contributed by atoms with Crippen LogP contribution in [0, 0.1) is 0 Å². The molecule has 0 atom stereocenters. The Morgan fingerprint density at radius 2 is 0.106 bits per heavy atom. The van der Waals surface area contributed by atoms with Crippen LogP contribution < -0.4 is 143 Å². The fraction of sp³-hybridized carbons (Fsp3) is 0. The van der Waals surface area contributed by atoms with Crippen molar-refractivity contribution in [1.82, 2.24) is 0 Å². The second kappa shape index (κ2) is 218. The third-order valence-electron chi connectivity index (χ3n) is 0. The summed E-state index contributed by atoms with van der Waals surface area (Å²) in [7, 11) is 0. The summed E-state index contributed by atoms with van der Waals surface area (Å²) in [5.74, 6) is 0. The van der Waals surface area contributed by atoms with Gasteiger partial charge in [0.15, 0.2) is 0 Å². The zero-order valence-corrected chi connectivity index (χ0v) is 75.8. The van der Waals surface area contributed by atoms with E-state index in [0.717, 1.165) is 0 Å². The van der Waals surface area contributed by atoms with Crippen molar-refractivity contribution < 1.29 is 300 Å². The third kappa shape index (κ3) is 91200. The van der Waals surface area contributed by atoms with Gasteiger partial charge in [0.05, 0.1) is 0 Å². The smallest absolute Gasteiger partial charge is 0.652 e. The van der Waals surface area contributed by atoms with Gasteiger partial charge in [-0.15, -0.1) is 0 Å². The Morgan fingerprint density at radius 1 is 0.106 bits per heavy atom. The molecule has 0 bridgehead atoms. The van der Waals surface area contributed by atoms with Crippen LogP contribution >= 0.6 is 0 Å². The molecule has 94 heavy (non-hydrogen) atoms. The topological polar surface area (TPSA) is 1230 Å². The molecule has 0 spiro atoms. The van der Waals surface area contributed by atoms with Gasteiger partial charge in [-0.25, -0.2) is 28.8 Å². The third-order valence-corrected chi connectivity index (χ3v) is 0. The van der Waals surface area contributed by atoms with Crippen LogP contribution in [0.2, 0.25) is 0 Å². The Balaban J connectivity index is -0.0000000125. The second-order valence-electron chi connectivity index (χ2n) is 5.20. The van der Waals surface area contributed by atoms with Crippen LogP contribution in [-0.4, -0.2) is 713 Å². The van der Waals surface area contributed by atoms with E-state index in [4.69, 9.17) is 300 Å². The zero-order valence-electron chi connectivity index (χ0n) is 44.9. The maximum Gasteiger partial charge on any atom is 2.00 e. The number of rotatable bonds is 0. The van der Waals surface area contributed by atoms with E-state index in [1.165, 1.54) is 0 Å². The van der Waals surface area contributed by atoms with Crippen molar-refractivity contribution in [3.05, 3.63) is 0 Å². The van der Waals surface area contributed by atoms with Crippen LogP contribution in [0.25, 0.3) is 0 Å². The molecule has 0 aromatic carbocycles. The first-order valence-corrected chi connectivity index (χ1v) is 12.5.